The van der Waals surface area contributed by atoms with Gasteiger partial charge in [-0.1, -0.05) is 18.2 Å². The van der Waals surface area contributed by atoms with Crippen LogP contribution >= 0.6 is 15.9 Å². The molecule has 0 spiro atoms. The quantitative estimate of drug-likeness (QED) is 0.785. The molecule has 21 heavy (non-hydrogen) atoms. The third-order valence-corrected chi connectivity index (χ3v) is 3.69. The SMILES string of the molecule is O=C(Nc1ccccc1Br)c1cccc(-n2cccn2)c1. The zero-order valence-electron chi connectivity index (χ0n) is 11.0. The Labute approximate surface area is 130 Å². The summed E-state index contributed by atoms with van der Waals surface area (Å²) in [5.74, 6) is -0.157. The van der Waals surface area contributed by atoms with Gasteiger partial charge >= 0.3 is 0 Å². The average Bonchev–Trinajstić information content (AvgIpc) is 3.04. The third kappa shape index (κ3) is 3.03. The number of hydrogen-bond acceptors (Lipinski definition) is 2. The summed E-state index contributed by atoms with van der Waals surface area (Å²) in [5.41, 5.74) is 2.17. The molecule has 2 aromatic carbocycles. The van der Waals surface area contributed by atoms with E-state index in [9.17, 15) is 4.79 Å². The molecule has 5 heteroatoms. The van der Waals surface area contributed by atoms with Gasteiger partial charge in [0.1, 0.15) is 0 Å². The first-order valence-corrected chi connectivity index (χ1v) is 7.19. The molecule has 1 heterocycles. The number of amides is 1. The Balaban J connectivity index is 1.85. The first kappa shape index (κ1) is 13.6. The summed E-state index contributed by atoms with van der Waals surface area (Å²) in [6, 6.07) is 16.7. The monoisotopic (exact) mass is 341 g/mol. The molecular weight excluding hydrogens is 330 g/mol. The molecular formula is C16H12BrN3O. The summed E-state index contributed by atoms with van der Waals surface area (Å²) >= 11 is 3.41. The molecule has 104 valence electrons. The van der Waals surface area contributed by atoms with Crippen molar-refractivity contribution < 1.29 is 4.79 Å². The van der Waals surface area contributed by atoms with E-state index in [1.165, 1.54) is 0 Å². The number of carbonyl (C=O) groups is 1. The topological polar surface area (TPSA) is 46.9 Å². The van der Waals surface area contributed by atoms with E-state index in [1.54, 1.807) is 23.0 Å². The number of rotatable bonds is 3. The van der Waals surface area contributed by atoms with Crippen molar-refractivity contribution in [3.63, 3.8) is 0 Å². The lowest BCUT2D eigenvalue weighted by Crippen LogP contribution is -2.12. The summed E-state index contributed by atoms with van der Waals surface area (Å²) in [4.78, 5) is 12.3. The van der Waals surface area contributed by atoms with E-state index in [0.29, 0.717) is 5.56 Å². The zero-order chi connectivity index (χ0) is 14.7. The summed E-state index contributed by atoms with van der Waals surface area (Å²) in [7, 11) is 0. The van der Waals surface area contributed by atoms with E-state index in [0.717, 1.165) is 15.8 Å². The van der Waals surface area contributed by atoms with Crippen molar-refractivity contribution >= 4 is 27.5 Å². The van der Waals surface area contributed by atoms with E-state index >= 15 is 0 Å². The Bertz CT molecular complexity index is 769. The summed E-state index contributed by atoms with van der Waals surface area (Å²) in [5, 5.41) is 7.05. The maximum absolute atomic E-state index is 12.3. The molecule has 4 nitrogen and oxygen atoms in total. The maximum atomic E-state index is 12.3. The molecule has 0 atom stereocenters. The number of benzene rings is 2. The number of anilines is 1. The molecule has 1 N–H and O–H groups in total. The number of nitrogens with one attached hydrogen (secondary N) is 1. The van der Waals surface area contributed by atoms with E-state index < -0.39 is 0 Å². The van der Waals surface area contributed by atoms with Gasteiger partial charge in [-0.3, -0.25) is 4.79 Å². The van der Waals surface area contributed by atoms with Crippen molar-refractivity contribution in [3.05, 3.63) is 77.0 Å². The molecule has 0 bridgehead atoms. The van der Waals surface area contributed by atoms with Crippen LogP contribution in [0.5, 0.6) is 0 Å². The van der Waals surface area contributed by atoms with Crippen molar-refractivity contribution in [1.82, 2.24) is 9.78 Å². The van der Waals surface area contributed by atoms with Gasteiger partial charge in [-0.25, -0.2) is 4.68 Å². The number of hydrogen-bond donors (Lipinski definition) is 1. The Kier molecular flexibility index (Phi) is 3.83. The predicted octanol–water partition coefficient (Wildman–Crippen LogP) is 3.89. The average molecular weight is 342 g/mol. The molecule has 0 radical (unpaired) electrons. The van der Waals surface area contributed by atoms with Crippen molar-refractivity contribution in [2.75, 3.05) is 5.32 Å². The Morgan fingerprint density at radius 2 is 1.95 bits per heavy atom. The predicted molar refractivity (Wildman–Crippen MR) is 85.7 cm³/mol. The zero-order valence-corrected chi connectivity index (χ0v) is 12.6. The minimum Gasteiger partial charge on any atom is -0.321 e. The fourth-order valence-electron chi connectivity index (χ4n) is 1.97. The van der Waals surface area contributed by atoms with Gasteiger partial charge in [-0.05, 0) is 52.3 Å². The highest BCUT2D eigenvalue weighted by molar-refractivity contribution is 9.10. The number of carbonyl (C=O) groups excluding carboxylic acids is 1. The van der Waals surface area contributed by atoms with Crippen LogP contribution in [-0.4, -0.2) is 15.7 Å². The van der Waals surface area contributed by atoms with Crippen molar-refractivity contribution in [2.45, 2.75) is 0 Å². The van der Waals surface area contributed by atoms with Gasteiger partial charge < -0.3 is 5.32 Å². The maximum Gasteiger partial charge on any atom is 0.255 e. The van der Waals surface area contributed by atoms with Gasteiger partial charge in [0.05, 0.1) is 11.4 Å². The lowest BCUT2D eigenvalue weighted by molar-refractivity contribution is 0.102. The van der Waals surface area contributed by atoms with Crippen LogP contribution in [-0.2, 0) is 0 Å². The van der Waals surface area contributed by atoms with Gasteiger partial charge in [0, 0.05) is 22.4 Å². The number of para-hydroxylation sites is 1. The van der Waals surface area contributed by atoms with Crippen LogP contribution in [0.15, 0.2) is 71.5 Å². The Morgan fingerprint density at radius 3 is 2.71 bits per heavy atom. The van der Waals surface area contributed by atoms with E-state index in [2.05, 4.69) is 26.3 Å². The fourth-order valence-corrected chi connectivity index (χ4v) is 2.35. The molecule has 0 aliphatic carbocycles. The lowest BCUT2D eigenvalue weighted by atomic mass is 10.2. The molecule has 1 amide bonds. The molecule has 0 saturated carbocycles. The normalized spacial score (nSPS) is 10.3. The smallest absolute Gasteiger partial charge is 0.255 e. The molecule has 0 aliphatic heterocycles. The second-order valence-electron chi connectivity index (χ2n) is 4.43. The third-order valence-electron chi connectivity index (χ3n) is 3.00. The van der Waals surface area contributed by atoms with Crippen LogP contribution in [0.25, 0.3) is 5.69 Å². The molecule has 1 aromatic heterocycles. The van der Waals surface area contributed by atoms with Crippen molar-refractivity contribution in [3.8, 4) is 5.69 Å². The molecule has 0 fully saturated rings. The van der Waals surface area contributed by atoms with E-state index in [-0.39, 0.29) is 5.91 Å². The van der Waals surface area contributed by atoms with Crippen molar-refractivity contribution in [1.29, 1.82) is 0 Å². The largest absolute Gasteiger partial charge is 0.321 e. The van der Waals surface area contributed by atoms with Gasteiger partial charge in [0.2, 0.25) is 0 Å². The molecule has 3 aromatic rings. The highest BCUT2D eigenvalue weighted by Crippen LogP contribution is 2.22. The minimum atomic E-state index is -0.157. The number of aromatic nitrogens is 2. The van der Waals surface area contributed by atoms with Gasteiger partial charge in [0.15, 0.2) is 0 Å². The minimum absolute atomic E-state index is 0.157. The first-order valence-electron chi connectivity index (χ1n) is 6.40. The Morgan fingerprint density at radius 1 is 1.10 bits per heavy atom. The highest BCUT2D eigenvalue weighted by Gasteiger charge is 2.09. The fraction of sp³-hybridized carbons (Fsp3) is 0. The first-order chi connectivity index (χ1) is 10.2. The van der Waals surface area contributed by atoms with Crippen LogP contribution in [0.1, 0.15) is 10.4 Å². The van der Waals surface area contributed by atoms with E-state index in [4.69, 9.17) is 0 Å². The molecule has 0 saturated heterocycles. The van der Waals surface area contributed by atoms with Crippen LogP contribution < -0.4 is 5.32 Å². The Hall–Kier alpha value is -2.40. The second kappa shape index (κ2) is 5.93. The molecule has 3 rings (SSSR count). The van der Waals surface area contributed by atoms with Gasteiger partial charge in [0.25, 0.3) is 5.91 Å². The van der Waals surface area contributed by atoms with Gasteiger partial charge in [-0.15, -0.1) is 0 Å². The molecule has 0 unspecified atom stereocenters. The summed E-state index contributed by atoms with van der Waals surface area (Å²) in [6.07, 6.45) is 3.54. The standard InChI is InChI=1S/C16H12BrN3O/c17-14-7-1-2-8-15(14)19-16(21)12-5-3-6-13(11-12)20-10-4-9-18-20/h1-11H,(H,19,21). The van der Waals surface area contributed by atoms with Crippen LogP contribution in [0, 0.1) is 0 Å². The van der Waals surface area contributed by atoms with Crippen LogP contribution in [0.3, 0.4) is 0 Å². The molecule has 0 aliphatic rings. The van der Waals surface area contributed by atoms with Crippen LogP contribution in [0.2, 0.25) is 0 Å². The van der Waals surface area contributed by atoms with E-state index in [1.807, 2.05) is 48.7 Å². The van der Waals surface area contributed by atoms with Crippen molar-refractivity contribution in [2.24, 2.45) is 0 Å². The summed E-state index contributed by atoms with van der Waals surface area (Å²) < 4.78 is 2.57. The second-order valence-corrected chi connectivity index (χ2v) is 5.29. The van der Waals surface area contributed by atoms with Gasteiger partial charge in [-0.2, -0.15) is 5.10 Å². The van der Waals surface area contributed by atoms with Crippen LogP contribution in [0.4, 0.5) is 5.69 Å². The highest BCUT2D eigenvalue weighted by atomic mass is 79.9. The summed E-state index contributed by atoms with van der Waals surface area (Å²) in [6.45, 7) is 0. The number of nitrogens with zero attached hydrogens (tertiary/aromatic N) is 2. The number of halogens is 1. The lowest BCUT2D eigenvalue weighted by Gasteiger charge is -2.08.